The normalized spacial score (nSPS) is 19.4. The van der Waals surface area contributed by atoms with Gasteiger partial charge < -0.3 is 34.4 Å². The minimum absolute atomic E-state index is 0.0318. The van der Waals surface area contributed by atoms with Gasteiger partial charge in [0.2, 0.25) is 6.43 Å². The Labute approximate surface area is 288 Å². The smallest absolute Gasteiger partial charge is 0.337 e. The van der Waals surface area contributed by atoms with Crippen molar-refractivity contribution >= 4 is 30.2 Å². The summed E-state index contributed by atoms with van der Waals surface area (Å²) >= 11 is 0. The first kappa shape index (κ1) is 36.5. The topological polar surface area (TPSA) is 146 Å². The Balaban J connectivity index is 0.000000198. The second kappa shape index (κ2) is 15.0. The van der Waals surface area contributed by atoms with Crippen LogP contribution in [-0.2, 0) is 55.8 Å². The number of aldehydes is 1. The second-order valence-electron chi connectivity index (χ2n) is 11.7. The van der Waals surface area contributed by atoms with E-state index in [0.29, 0.717) is 34.6 Å². The Morgan fingerprint density at radius 1 is 0.804 bits per heavy atom. The number of hydrogen-bond donors (Lipinski definition) is 2. The van der Waals surface area contributed by atoms with E-state index in [1.54, 1.807) is 19.9 Å². The molecule has 2 aromatic rings. The fraction of sp³-hybridized carbons (Fsp3) is 0.306. The molecular formula is C36H32F4N2O9. The number of allylic oxidation sites excluding steroid dienone is 2. The number of carbonyl (C=O) groups is 5. The average molecular weight is 713 g/mol. The molecule has 0 spiro atoms. The first-order chi connectivity index (χ1) is 24.3. The van der Waals surface area contributed by atoms with Crippen LogP contribution in [0.4, 0.5) is 17.6 Å². The SMILES string of the molecule is COC(=O)C1=C(C)NC2=C(C(=O)OC2)[C@H]1c1cccc(F)c1CC(F)F.COC(=O)C1=C(C)NC2=C(C(=O)OC2)[C@H]1c1cccc(F)c1CC=O. The molecule has 4 aliphatic heterocycles. The molecule has 0 bridgehead atoms. The number of hydrogen-bond acceptors (Lipinski definition) is 11. The van der Waals surface area contributed by atoms with E-state index in [-0.39, 0.29) is 58.6 Å². The van der Waals surface area contributed by atoms with Crippen LogP contribution in [0.25, 0.3) is 0 Å². The standard InChI is InChI=1S/C18H16F3NO4.C18H16FNO5/c1-8-14(17(23)25-2)15(16-12(22-8)7-26-18(16)24)9-4-3-5-11(19)10(9)6-13(20)21;1-9-14(17(22)24-2)15(16-13(20-9)8-25-18(16)23)11-4-3-5-12(19)10(11)6-7-21/h3-5,13,15,22H,6-7H2,1-2H3;3-5,7,15,20H,6,8H2,1-2H3/t2*15-/m00/s1. The quantitative estimate of drug-likeness (QED) is 0.177. The number of alkyl halides is 2. The van der Waals surface area contributed by atoms with Crippen molar-refractivity contribution in [1.29, 1.82) is 0 Å². The lowest BCUT2D eigenvalue weighted by Crippen LogP contribution is -2.30. The van der Waals surface area contributed by atoms with Crippen LogP contribution in [0.5, 0.6) is 0 Å². The summed E-state index contributed by atoms with van der Waals surface area (Å²) in [5, 5.41) is 5.91. The molecule has 15 heteroatoms. The maximum Gasteiger partial charge on any atom is 0.337 e. The summed E-state index contributed by atoms with van der Waals surface area (Å²) in [5.74, 6) is -5.93. The number of dihydropyridines is 2. The van der Waals surface area contributed by atoms with Gasteiger partial charge in [-0.2, -0.15) is 0 Å². The molecule has 51 heavy (non-hydrogen) atoms. The maximum absolute atomic E-state index is 14.3. The first-order valence-electron chi connectivity index (χ1n) is 15.5. The van der Waals surface area contributed by atoms with Gasteiger partial charge in [-0.15, -0.1) is 0 Å². The van der Waals surface area contributed by atoms with Crippen molar-refractivity contribution in [1.82, 2.24) is 10.6 Å². The summed E-state index contributed by atoms with van der Waals surface area (Å²) < 4.78 is 74.3. The molecule has 2 N–H and O–H groups in total. The zero-order valence-corrected chi connectivity index (χ0v) is 27.8. The van der Waals surface area contributed by atoms with Gasteiger partial charge in [0, 0.05) is 24.2 Å². The molecule has 2 atom stereocenters. The lowest BCUT2D eigenvalue weighted by Gasteiger charge is -2.28. The van der Waals surface area contributed by atoms with Crippen LogP contribution in [-0.4, -0.2) is 64.0 Å². The largest absolute Gasteiger partial charge is 0.466 e. The van der Waals surface area contributed by atoms with E-state index in [4.69, 9.17) is 18.9 Å². The van der Waals surface area contributed by atoms with Crippen LogP contribution < -0.4 is 10.6 Å². The van der Waals surface area contributed by atoms with E-state index >= 15 is 0 Å². The summed E-state index contributed by atoms with van der Waals surface area (Å²) in [6.45, 7) is 3.28. The zero-order chi connectivity index (χ0) is 37.1. The molecule has 0 saturated heterocycles. The fourth-order valence-electron chi connectivity index (χ4n) is 6.68. The van der Waals surface area contributed by atoms with Gasteiger partial charge in [-0.05, 0) is 48.2 Å². The molecule has 0 fully saturated rings. The summed E-state index contributed by atoms with van der Waals surface area (Å²) in [6, 6.07) is 8.17. The molecule has 11 nitrogen and oxygen atoms in total. The summed E-state index contributed by atoms with van der Waals surface area (Å²) in [4.78, 5) is 60.2. The third kappa shape index (κ3) is 6.87. The number of methoxy groups -OCH3 is 2. The molecule has 0 unspecified atom stereocenters. The van der Waals surface area contributed by atoms with Crippen molar-refractivity contribution in [2.24, 2.45) is 0 Å². The predicted octanol–water partition coefficient (Wildman–Crippen LogP) is 4.09. The second-order valence-corrected chi connectivity index (χ2v) is 11.7. The maximum atomic E-state index is 14.3. The Bertz CT molecular complexity index is 1960. The van der Waals surface area contributed by atoms with Crippen LogP contribution in [0.15, 0.2) is 81.5 Å². The molecule has 4 heterocycles. The van der Waals surface area contributed by atoms with E-state index in [9.17, 15) is 41.5 Å². The lowest BCUT2D eigenvalue weighted by atomic mass is 9.78. The van der Waals surface area contributed by atoms with Gasteiger partial charge in [0.15, 0.2) is 0 Å². The van der Waals surface area contributed by atoms with Crippen LogP contribution >= 0.6 is 0 Å². The molecule has 2 aromatic carbocycles. The van der Waals surface area contributed by atoms with Gasteiger partial charge in [0.1, 0.15) is 31.1 Å². The van der Waals surface area contributed by atoms with Gasteiger partial charge in [-0.3, -0.25) is 0 Å². The van der Waals surface area contributed by atoms with Gasteiger partial charge in [0.25, 0.3) is 0 Å². The van der Waals surface area contributed by atoms with Crippen LogP contribution in [0.1, 0.15) is 47.9 Å². The monoisotopic (exact) mass is 712 g/mol. The third-order valence-corrected chi connectivity index (χ3v) is 8.81. The molecule has 0 radical (unpaired) electrons. The minimum Gasteiger partial charge on any atom is -0.466 e. The molecule has 0 aromatic heterocycles. The summed E-state index contributed by atoms with van der Waals surface area (Å²) in [5.41, 5.74) is 2.85. The van der Waals surface area contributed by atoms with E-state index in [0.717, 1.165) is 6.07 Å². The molecule has 4 aliphatic rings. The number of ether oxygens (including phenoxy) is 4. The molecule has 6 rings (SSSR count). The van der Waals surface area contributed by atoms with Gasteiger partial charge in [-0.1, -0.05) is 24.3 Å². The number of halogens is 4. The van der Waals surface area contributed by atoms with Gasteiger partial charge >= 0.3 is 23.9 Å². The van der Waals surface area contributed by atoms with Crippen LogP contribution in [0, 0.1) is 11.6 Å². The number of esters is 4. The zero-order valence-electron chi connectivity index (χ0n) is 27.8. The van der Waals surface area contributed by atoms with Crippen molar-refractivity contribution in [3.05, 3.63) is 115 Å². The highest BCUT2D eigenvalue weighted by Gasteiger charge is 2.44. The highest BCUT2D eigenvalue weighted by molar-refractivity contribution is 6.02. The molecule has 0 amide bonds. The highest BCUT2D eigenvalue weighted by atomic mass is 19.3. The molecule has 268 valence electrons. The van der Waals surface area contributed by atoms with E-state index in [1.165, 1.54) is 38.5 Å². The first-order valence-corrected chi connectivity index (χ1v) is 15.5. The number of nitrogens with one attached hydrogen (secondary N) is 2. The predicted molar refractivity (Wildman–Crippen MR) is 169 cm³/mol. The third-order valence-electron chi connectivity index (χ3n) is 8.81. The number of rotatable bonds is 8. The summed E-state index contributed by atoms with van der Waals surface area (Å²) in [6.07, 6.45) is -3.21. The highest BCUT2D eigenvalue weighted by Crippen LogP contribution is 2.44. The van der Waals surface area contributed by atoms with E-state index in [1.807, 2.05) is 0 Å². The van der Waals surface area contributed by atoms with E-state index in [2.05, 4.69) is 10.6 Å². The van der Waals surface area contributed by atoms with Gasteiger partial charge in [-0.25, -0.2) is 36.7 Å². The Morgan fingerprint density at radius 3 is 1.65 bits per heavy atom. The van der Waals surface area contributed by atoms with Crippen molar-refractivity contribution in [2.75, 3.05) is 27.4 Å². The molecular weight excluding hydrogens is 680 g/mol. The van der Waals surface area contributed by atoms with Crippen molar-refractivity contribution < 1.29 is 60.5 Å². The molecule has 0 aliphatic carbocycles. The van der Waals surface area contributed by atoms with Crippen molar-refractivity contribution in [2.45, 2.75) is 45.0 Å². The van der Waals surface area contributed by atoms with Crippen molar-refractivity contribution in [3.63, 3.8) is 0 Å². The van der Waals surface area contributed by atoms with Crippen molar-refractivity contribution in [3.8, 4) is 0 Å². The number of carbonyl (C=O) groups excluding carboxylic acids is 5. The Morgan fingerprint density at radius 2 is 1.24 bits per heavy atom. The van der Waals surface area contributed by atoms with Crippen LogP contribution in [0.2, 0.25) is 0 Å². The van der Waals surface area contributed by atoms with E-state index < -0.39 is 60.2 Å². The lowest BCUT2D eigenvalue weighted by molar-refractivity contribution is -0.138. The Hall–Kier alpha value is -5.73. The van der Waals surface area contributed by atoms with Gasteiger partial charge in [0.05, 0.1) is 59.7 Å². The average Bonchev–Trinajstić information content (AvgIpc) is 3.65. The number of benzene rings is 2. The number of cyclic esters (lactones) is 2. The fourth-order valence-corrected chi connectivity index (χ4v) is 6.68. The van der Waals surface area contributed by atoms with Crippen LogP contribution in [0.3, 0.4) is 0 Å². The summed E-state index contributed by atoms with van der Waals surface area (Å²) in [7, 11) is 2.40. The Kier molecular flexibility index (Phi) is 10.8. The molecule has 0 saturated carbocycles. The minimum atomic E-state index is -2.79.